The van der Waals surface area contributed by atoms with Crippen LogP contribution in [-0.2, 0) is 16.6 Å². The van der Waals surface area contributed by atoms with Gasteiger partial charge in [0.15, 0.2) is 23.1 Å². The molecule has 4 N–H and O–H groups in total. The Balaban J connectivity index is 1.65. The number of phenolic OH excluding ortho intramolecular Hbond substituents is 3. The van der Waals surface area contributed by atoms with Gasteiger partial charge in [0, 0.05) is 27.6 Å². The number of ketones is 4. The minimum absolute atomic E-state index is 0.0132. The molecule has 1 aromatic heterocycles. The molecular weight excluding hydrogens is 576 g/mol. The van der Waals surface area contributed by atoms with Crippen molar-refractivity contribution in [2.75, 3.05) is 7.11 Å². The third-order valence-corrected chi connectivity index (χ3v) is 8.87. The van der Waals surface area contributed by atoms with Crippen LogP contribution in [0.3, 0.4) is 0 Å². The van der Waals surface area contributed by atoms with E-state index in [0.29, 0.717) is 17.5 Å². The fourth-order valence-corrected chi connectivity index (χ4v) is 7.03. The summed E-state index contributed by atoms with van der Waals surface area (Å²) in [7, 11) is 1.12. The summed E-state index contributed by atoms with van der Waals surface area (Å²) in [5, 5.41) is 45.5. The lowest BCUT2D eigenvalue weighted by Crippen LogP contribution is -2.36. The number of carbonyl (C=O) groups is 4. The number of thioether (sulfide) groups is 1. The maximum Gasteiger partial charge on any atom is 0.260 e. The first-order valence-corrected chi connectivity index (χ1v) is 13.7. The van der Waals surface area contributed by atoms with Gasteiger partial charge in [-0.25, -0.2) is 0 Å². The minimum atomic E-state index is -2.21. The topological polar surface area (TPSA) is 195 Å². The molecule has 2 aromatic carbocycles. The van der Waals surface area contributed by atoms with Gasteiger partial charge in [-0.3, -0.25) is 24.0 Å². The van der Waals surface area contributed by atoms with Crippen molar-refractivity contribution in [3.8, 4) is 22.6 Å². The minimum Gasteiger partial charge on any atom is -0.507 e. The van der Waals surface area contributed by atoms with Crippen molar-refractivity contribution >= 4 is 51.7 Å². The highest BCUT2D eigenvalue weighted by molar-refractivity contribution is 8.04. The van der Waals surface area contributed by atoms with Crippen LogP contribution in [0.4, 0.5) is 0 Å². The van der Waals surface area contributed by atoms with Gasteiger partial charge in [0.2, 0.25) is 5.78 Å². The number of nitriles is 1. The lowest BCUT2D eigenvalue weighted by Gasteiger charge is -2.23. The van der Waals surface area contributed by atoms with E-state index in [2.05, 4.69) is 4.98 Å². The van der Waals surface area contributed by atoms with E-state index in [1.807, 2.05) is 12.3 Å². The second-order valence-electron chi connectivity index (χ2n) is 10.1. The van der Waals surface area contributed by atoms with Crippen molar-refractivity contribution in [3.63, 3.8) is 0 Å². The highest BCUT2D eigenvalue weighted by atomic mass is 32.2. The van der Waals surface area contributed by atoms with E-state index in [0.717, 1.165) is 13.2 Å². The summed E-state index contributed by atoms with van der Waals surface area (Å²) in [5.74, 6) is -6.99. The molecule has 3 aliphatic rings. The predicted octanol–water partition coefficient (Wildman–Crippen LogP) is 3.98. The molecule has 3 aromatic rings. The number of nitrogens with zero attached hydrogens (tertiary/aromatic N) is 1. The molecule has 0 aliphatic heterocycles. The number of rotatable bonds is 4. The van der Waals surface area contributed by atoms with Crippen LogP contribution in [0, 0.1) is 10.7 Å². The average Bonchev–Trinajstić information content (AvgIpc) is 3.48. The molecule has 43 heavy (non-hydrogen) atoms. The van der Waals surface area contributed by atoms with Crippen molar-refractivity contribution in [2.45, 2.75) is 30.1 Å². The summed E-state index contributed by atoms with van der Waals surface area (Å²) >= 11 is 0.695. The molecule has 12 heteroatoms. The maximum absolute atomic E-state index is 14.2. The molecule has 1 atom stereocenters. The van der Waals surface area contributed by atoms with E-state index in [1.165, 1.54) is 0 Å². The molecule has 0 bridgehead atoms. The third-order valence-electron chi connectivity index (χ3n) is 8.11. The van der Waals surface area contributed by atoms with Crippen molar-refractivity contribution in [2.24, 2.45) is 0 Å². The number of pyridine rings is 1. The van der Waals surface area contributed by atoms with Crippen LogP contribution < -0.4 is 5.56 Å². The molecule has 1 heterocycles. The maximum atomic E-state index is 14.2. The summed E-state index contributed by atoms with van der Waals surface area (Å²) in [4.78, 5) is 70.4. The Kier molecular flexibility index (Phi) is 6.18. The number of fused-ring (bicyclic) bond motifs is 5. The van der Waals surface area contributed by atoms with Crippen molar-refractivity contribution in [1.29, 1.82) is 5.26 Å². The van der Waals surface area contributed by atoms with Gasteiger partial charge in [-0.15, -0.1) is 0 Å². The summed E-state index contributed by atoms with van der Waals surface area (Å²) in [6.45, 7) is 1.81. The summed E-state index contributed by atoms with van der Waals surface area (Å²) < 4.78 is 4.92. The molecule has 214 valence electrons. The first kappa shape index (κ1) is 27.7. The molecule has 6 rings (SSSR count). The van der Waals surface area contributed by atoms with E-state index < -0.39 is 79.4 Å². The third kappa shape index (κ3) is 3.45. The Morgan fingerprint density at radius 1 is 1.00 bits per heavy atom. The standard InChI is InChI=1S/C31H20N2O9S/c1-3-4-5-6-12-9-14-17(30(41)33-12)26(38)22-13(27(14)43-11-32)7-8-31(22)28(39)20-21(29(31)40)25(37)19-18(24(20)36)15(34)10-16(42-2)23(19)35/h3-6,9-10,36-38H,7-8H2,1-2H3,(H,33,41)/b4-3+,6-5+/t31-/m0/s1. The van der Waals surface area contributed by atoms with Crippen LogP contribution >= 0.6 is 11.8 Å². The van der Waals surface area contributed by atoms with Gasteiger partial charge in [0.05, 0.1) is 34.7 Å². The van der Waals surface area contributed by atoms with Crippen molar-refractivity contribution in [1.82, 2.24) is 4.98 Å². The van der Waals surface area contributed by atoms with Gasteiger partial charge in [0.1, 0.15) is 28.1 Å². The van der Waals surface area contributed by atoms with Crippen LogP contribution in [-0.4, -0.2) is 50.5 Å². The Labute approximate surface area is 246 Å². The largest absolute Gasteiger partial charge is 0.507 e. The molecule has 0 saturated carbocycles. The Bertz CT molecular complexity index is 2100. The molecule has 3 aliphatic carbocycles. The zero-order valence-electron chi connectivity index (χ0n) is 22.5. The number of allylic oxidation sites excluding steroid dienone is 5. The Hall–Kier alpha value is -5.41. The number of H-pyrrole nitrogens is 1. The number of carbonyl (C=O) groups excluding carboxylic acids is 4. The Morgan fingerprint density at radius 2 is 1.67 bits per heavy atom. The van der Waals surface area contributed by atoms with Crippen LogP contribution in [0.2, 0.25) is 0 Å². The quantitative estimate of drug-likeness (QED) is 0.112. The number of thiocyanates is 1. The van der Waals surface area contributed by atoms with Gasteiger partial charge >= 0.3 is 0 Å². The summed E-state index contributed by atoms with van der Waals surface area (Å²) in [6, 6.07) is 1.57. The number of hydrogen-bond acceptors (Lipinski definition) is 11. The fourth-order valence-electron chi connectivity index (χ4n) is 6.34. The van der Waals surface area contributed by atoms with Crippen LogP contribution in [0.15, 0.2) is 45.8 Å². The summed E-state index contributed by atoms with van der Waals surface area (Å²) in [5.41, 5.74) is -5.22. The van der Waals surface area contributed by atoms with E-state index in [9.17, 15) is 44.6 Å². The SMILES string of the molecule is C/C=C/C=C/c1cc2c(SC#N)c3c(c(O)c2c(=O)[nH]1)[C@@]1(CC3)C(=O)c2c(O)c3c(c(O)c2C1=O)C(=O)C(OC)=CC3=O. The van der Waals surface area contributed by atoms with Gasteiger partial charge in [-0.2, -0.15) is 5.26 Å². The van der Waals surface area contributed by atoms with Crippen molar-refractivity contribution in [3.05, 3.63) is 85.6 Å². The highest BCUT2D eigenvalue weighted by Crippen LogP contribution is 2.59. The normalized spacial score (nSPS) is 19.0. The number of aromatic hydroxyl groups is 3. The number of aromatic amines is 1. The molecule has 0 fully saturated rings. The smallest absolute Gasteiger partial charge is 0.260 e. The number of nitrogens with one attached hydrogen (secondary N) is 1. The first-order chi connectivity index (χ1) is 20.5. The lowest BCUT2D eigenvalue weighted by molar-refractivity contribution is 0.0790. The second-order valence-corrected chi connectivity index (χ2v) is 10.9. The molecular formula is C31H20N2O9S. The zero-order chi connectivity index (χ0) is 31.0. The summed E-state index contributed by atoms with van der Waals surface area (Å²) in [6.07, 6.45) is 7.40. The lowest BCUT2D eigenvalue weighted by atomic mass is 9.76. The van der Waals surface area contributed by atoms with E-state index in [1.54, 1.807) is 30.4 Å². The van der Waals surface area contributed by atoms with Crippen molar-refractivity contribution < 1.29 is 39.2 Å². The zero-order valence-corrected chi connectivity index (χ0v) is 23.3. The average molecular weight is 597 g/mol. The van der Waals surface area contributed by atoms with E-state index in [-0.39, 0.29) is 39.6 Å². The van der Waals surface area contributed by atoms with Gasteiger partial charge in [-0.05, 0) is 49.2 Å². The van der Waals surface area contributed by atoms with Crippen LogP contribution in [0.1, 0.15) is 71.6 Å². The number of phenols is 3. The second kappa shape index (κ2) is 9.57. The van der Waals surface area contributed by atoms with Crippen LogP contribution in [0.5, 0.6) is 17.2 Å². The fraction of sp³-hybridized carbons (Fsp3) is 0.161. The number of ether oxygens (including phenoxy) is 1. The number of benzene rings is 2. The number of aromatic nitrogens is 1. The van der Waals surface area contributed by atoms with Gasteiger partial charge in [-0.1, -0.05) is 18.2 Å². The molecule has 0 radical (unpaired) electrons. The molecule has 0 saturated heterocycles. The van der Waals surface area contributed by atoms with Gasteiger partial charge in [0.25, 0.3) is 5.56 Å². The molecule has 0 unspecified atom stereocenters. The Morgan fingerprint density at radius 3 is 2.30 bits per heavy atom. The molecule has 0 amide bonds. The van der Waals surface area contributed by atoms with E-state index in [4.69, 9.17) is 4.74 Å². The number of methoxy groups -OCH3 is 1. The first-order valence-electron chi connectivity index (χ1n) is 12.9. The molecule has 1 spiro atoms. The predicted molar refractivity (Wildman–Crippen MR) is 154 cm³/mol. The highest BCUT2D eigenvalue weighted by Gasteiger charge is 2.62. The number of hydrogen-bond donors (Lipinski definition) is 4. The van der Waals surface area contributed by atoms with Gasteiger partial charge < -0.3 is 25.0 Å². The molecule has 11 nitrogen and oxygen atoms in total. The monoisotopic (exact) mass is 596 g/mol. The van der Waals surface area contributed by atoms with E-state index >= 15 is 0 Å². The number of Topliss-reactive ketones (excluding diaryl/α,β-unsaturated/α-hetero) is 3. The van der Waals surface area contributed by atoms with Crippen LogP contribution in [0.25, 0.3) is 16.8 Å².